The van der Waals surface area contributed by atoms with Crippen molar-refractivity contribution in [2.75, 3.05) is 86.5 Å². The number of amides is 1. The Morgan fingerprint density at radius 3 is 2.42 bits per heavy atom. The Morgan fingerprint density at radius 1 is 1.02 bits per heavy atom. The molecule has 0 unspecified atom stereocenters. The molecule has 1 spiro atoms. The number of nitriles is 1. The highest BCUT2D eigenvalue weighted by molar-refractivity contribution is 6.10. The SMILES string of the molecule is CN1CCN(c2ccc(Nc3ncc(F)c(Nc4ccc5c(c4)N(C(=O)/C(C#N)=C\C(C)(C)N4CCOCC4)CC54CC4)n3)cc2)CC1. The minimum Gasteiger partial charge on any atom is -0.379 e. The molecule has 7 rings (SSSR count). The van der Waals surface area contributed by atoms with Crippen LogP contribution in [0.15, 0.2) is 60.3 Å². The summed E-state index contributed by atoms with van der Waals surface area (Å²) in [5.74, 6) is -0.645. The molecule has 2 saturated heterocycles. The second-order valence-corrected chi connectivity index (χ2v) is 13.8. The first-order valence-electron chi connectivity index (χ1n) is 16.7. The molecule has 3 aliphatic heterocycles. The highest BCUT2D eigenvalue weighted by Crippen LogP contribution is 2.57. The molecule has 4 heterocycles. The number of nitrogens with one attached hydrogen (secondary N) is 2. The zero-order valence-corrected chi connectivity index (χ0v) is 27.8. The van der Waals surface area contributed by atoms with Gasteiger partial charge >= 0.3 is 0 Å². The number of nitrogens with zero attached hydrogens (tertiary/aromatic N) is 7. The van der Waals surface area contributed by atoms with Gasteiger partial charge < -0.3 is 30.1 Å². The van der Waals surface area contributed by atoms with E-state index in [4.69, 9.17) is 4.74 Å². The number of carbonyl (C=O) groups is 1. The van der Waals surface area contributed by atoms with E-state index in [0.29, 0.717) is 25.4 Å². The van der Waals surface area contributed by atoms with Crippen molar-refractivity contribution in [2.45, 2.75) is 37.6 Å². The largest absolute Gasteiger partial charge is 0.379 e. The molecule has 2 aromatic carbocycles. The van der Waals surface area contributed by atoms with E-state index < -0.39 is 11.4 Å². The first kappa shape index (κ1) is 32.0. The van der Waals surface area contributed by atoms with Gasteiger partial charge in [-0.1, -0.05) is 6.07 Å². The number of morpholine rings is 1. The summed E-state index contributed by atoms with van der Waals surface area (Å²) in [4.78, 5) is 31.2. The van der Waals surface area contributed by atoms with Crippen LogP contribution in [-0.2, 0) is 14.9 Å². The Kier molecular flexibility index (Phi) is 8.53. The Labute approximate surface area is 281 Å². The van der Waals surface area contributed by atoms with Crippen molar-refractivity contribution in [3.8, 4) is 6.07 Å². The lowest BCUT2D eigenvalue weighted by Gasteiger charge is -2.39. The Morgan fingerprint density at radius 2 is 1.73 bits per heavy atom. The van der Waals surface area contributed by atoms with Gasteiger partial charge in [0.1, 0.15) is 11.6 Å². The second kappa shape index (κ2) is 12.8. The highest BCUT2D eigenvalue weighted by Gasteiger charge is 2.53. The molecule has 4 aliphatic rings. The number of hydrogen-bond donors (Lipinski definition) is 2. The van der Waals surface area contributed by atoms with Crippen molar-refractivity contribution in [3.63, 3.8) is 0 Å². The topological polar surface area (TPSA) is 113 Å². The molecule has 0 atom stereocenters. The lowest BCUT2D eigenvalue weighted by atomic mass is 9.98. The molecule has 0 bridgehead atoms. The molecule has 1 aliphatic carbocycles. The van der Waals surface area contributed by atoms with Crippen LogP contribution in [0.4, 0.5) is 38.9 Å². The second-order valence-electron chi connectivity index (χ2n) is 13.8. The summed E-state index contributed by atoms with van der Waals surface area (Å²) in [7, 11) is 2.14. The third-order valence-corrected chi connectivity index (χ3v) is 10.1. The molecule has 11 nitrogen and oxygen atoms in total. The van der Waals surface area contributed by atoms with Crippen LogP contribution in [0.25, 0.3) is 0 Å². The fourth-order valence-corrected chi connectivity index (χ4v) is 6.99. The number of aromatic nitrogens is 2. The van der Waals surface area contributed by atoms with Gasteiger partial charge in [0.2, 0.25) is 5.95 Å². The number of halogens is 1. The molecule has 2 N–H and O–H groups in total. The molecule has 12 heteroatoms. The van der Waals surface area contributed by atoms with Gasteiger partial charge in [-0.05, 0) is 81.8 Å². The van der Waals surface area contributed by atoms with Crippen molar-refractivity contribution in [3.05, 3.63) is 71.7 Å². The number of fused-ring (bicyclic) bond motifs is 2. The number of hydrogen-bond acceptors (Lipinski definition) is 10. The van der Waals surface area contributed by atoms with E-state index in [0.717, 1.165) is 80.9 Å². The lowest BCUT2D eigenvalue weighted by molar-refractivity contribution is -0.114. The molecule has 3 aromatic rings. The van der Waals surface area contributed by atoms with Gasteiger partial charge in [-0.25, -0.2) is 9.37 Å². The summed E-state index contributed by atoms with van der Waals surface area (Å²) in [6.45, 7) is 11.3. The molecular weight excluding hydrogens is 609 g/mol. The first-order chi connectivity index (χ1) is 23.1. The van der Waals surface area contributed by atoms with Crippen LogP contribution >= 0.6 is 0 Å². The van der Waals surface area contributed by atoms with E-state index in [2.05, 4.69) is 60.6 Å². The molecule has 250 valence electrons. The van der Waals surface area contributed by atoms with Gasteiger partial charge in [0.05, 0.1) is 19.4 Å². The number of anilines is 6. The minimum atomic E-state index is -0.599. The van der Waals surface area contributed by atoms with Crippen molar-refractivity contribution in [1.29, 1.82) is 5.26 Å². The number of rotatable bonds is 8. The van der Waals surface area contributed by atoms with Crippen LogP contribution < -0.4 is 20.4 Å². The van der Waals surface area contributed by atoms with Gasteiger partial charge in [0.25, 0.3) is 5.91 Å². The van der Waals surface area contributed by atoms with Crippen LogP contribution in [0.3, 0.4) is 0 Å². The normalized spacial score (nSPS) is 19.6. The Balaban J connectivity index is 1.08. The average Bonchev–Trinajstić information content (AvgIpc) is 3.81. The van der Waals surface area contributed by atoms with Crippen LogP contribution in [0.2, 0.25) is 0 Å². The predicted molar refractivity (Wildman–Crippen MR) is 185 cm³/mol. The smallest absolute Gasteiger partial charge is 0.268 e. The zero-order chi connectivity index (χ0) is 33.5. The quantitative estimate of drug-likeness (QED) is 0.260. The number of likely N-dealkylation sites (N-methyl/N-ethyl adjacent to an activating group) is 1. The molecule has 48 heavy (non-hydrogen) atoms. The van der Waals surface area contributed by atoms with Crippen LogP contribution in [0, 0.1) is 17.1 Å². The summed E-state index contributed by atoms with van der Waals surface area (Å²) in [5, 5.41) is 16.4. The molecule has 1 aromatic heterocycles. The number of carbonyl (C=O) groups excluding carboxylic acids is 1. The van der Waals surface area contributed by atoms with Gasteiger partial charge in [0.15, 0.2) is 11.6 Å². The van der Waals surface area contributed by atoms with E-state index in [-0.39, 0.29) is 28.7 Å². The van der Waals surface area contributed by atoms with E-state index in [1.54, 1.807) is 11.0 Å². The van der Waals surface area contributed by atoms with Crippen molar-refractivity contribution in [1.82, 2.24) is 19.8 Å². The number of ether oxygens (including phenoxy) is 1. The molecule has 1 saturated carbocycles. The summed E-state index contributed by atoms with van der Waals surface area (Å²) in [6.07, 6.45) is 4.88. The third-order valence-electron chi connectivity index (χ3n) is 10.1. The van der Waals surface area contributed by atoms with Crippen molar-refractivity contribution in [2.24, 2.45) is 0 Å². The van der Waals surface area contributed by atoms with E-state index in [1.165, 1.54) is 0 Å². The molecular formula is C36H42FN9O2. The summed E-state index contributed by atoms with van der Waals surface area (Å²) in [6, 6.07) is 16.0. The first-order valence-corrected chi connectivity index (χ1v) is 16.7. The van der Waals surface area contributed by atoms with E-state index in [1.807, 2.05) is 44.2 Å². The van der Waals surface area contributed by atoms with Gasteiger partial charge in [-0.2, -0.15) is 10.2 Å². The van der Waals surface area contributed by atoms with Gasteiger partial charge in [-0.3, -0.25) is 9.69 Å². The summed E-state index contributed by atoms with van der Waals surface area (Å²) in [5.41, 5.74) is 3.88. The van der Waals surface area contributed by atoms with E-state index in [9.17, 15) is 10.1 Å². The number of benzene rings is 2. The van der Waals surface area contributed by atoms with E-state index >= 15 is 4.39 Å². The standard InChI is InChI=1S/C36H42FN9O2/c1-35(2,45-16-18-48-19-17-45)21-25(22-38)33(47)46-24-36(10-11-36)29-9-6-27(20-31(29)46)40-32-30(37)23-39-34(42-32)41-26-4-7-28(8-5-26)44-14-12-43(3)13-15-44/h4-9,20-21,23H,10-19,24H2,1-3H3,(H2,39,40,41,42)/b25-21-. The predicted octanol–water partition coefficient (Wildman–Crippen LogP) is 4.79. The minimum absolute atomic E-state index is 0.0170. The Bertz CT molecular complexity index is 1750. The lowest BCUT2D eigenvalue weighted by Crippen LogP contribution is -2.49. The van der Waals surface area contributed by atoms with Crippen molar-refractivity contribution >= 4 is 40.4 Å². The third kappa shape index (κ3) is 6.45. The summed E-state index contributed by atoms with van der Waals surface area (Å²) < 4.78 is 20.5. The van der Waals surface area contributed by atoms with Crippen LogP contribution in [0.1, 0.15) is 32.3 Å². The fourth-order valence-electron chi connectivity index (χ4n) is 6.99. The average molecular weight is 652 g/mol. The maximum absolute atomic E-state index is 15.0. The van der Waals surface area contributed by atoms with Gasteiger partial charge in [0, 0.05) is 79.5 Å². The monoisotopic (exact) mass is 651 g/mol. The highest BCUT2D eigenvalue weighted by atomic mass is 19.1. The summed E-state index contributed by atoms with van der Waals surface area (Å²) >= 11 is 0. The zero-order valence-electron chi connectivity index (χ0n) is 27.8. The molecule has 3 fully saturated rings. The van der Waals surface area contributed by atoms with Crippen LogP contribution in [0.5, 0.6) is 0 Å². The van der Waals surface area contributed by atoms with Crippen molar-refractivity contribution < 1.29 is 13.9 Å². The molecule has 1 amide bonds. The maximum atomic E-state index is 15.0. The maximum Gasteiger partial charge on any atom is 0.268 e. The van der Waals surface area contributed by atoms with Gasteiger partial charge in [-0.15, -0.1) is 0 Å². The molecule has 0 radical (unpaired) electrons. The fraction of sp³-hybridized carbons (Fsp3) is 0.444. The van der Waals surface area contributed by atoms with Crippen LogP contribution in [-0.4, -0.2) is 97.3 Å². The Hall–Kier alpha value is -4.57. The number of piperazine rings is 1.